The van der Waals surface area contributed by atoms with E-state index in [-0.39, 0.29) is 11.8 Å². The van der Waals surface area contributed by atoms with Crippen LogP contribution < -0.4 is 10.6 Å². The molecule has 0 rings (SSSR count). The molecule has 3 heteroatoms. The lowest BCUT2D eigenvalue weighted by Gasteiger charge is -2.17. The summed E-state index contributed by atoms with van der Waals surface area (Å²) in [6.45, 7) is 4.85. The van der Waals surface area contributed by atoms with Crippen molar-refractivity contribution in [2.45, 2.75) is 32.7 Å². The van der Waals surface area contributed by atoms with Crippen molar-refractivity contribution in [2.75, 3.05) is 20.6 Å². The smallest absolute Gasteiger partial charge is 0.146 e. The van der Waals surface area contributed by atoms with E-state index in [1.807, 2.05) is 14.1 Å². The summed E-state index contributed by atoms with van der Waals surface area (Å²) in [6, 6.07) is 0.0341. The maximum Gasteiger partial charge on any atom is 0.146 e. The molecule has 0 saturated carbocycles. The molecule has 0 amide bonds. The van der Waals surface area contributed by atoms with E-state index in [0.717, 1.165) is 19.4 Å². The molecule has 2 N–H and O–H groups in total. The molecular weight excluding hydrogens is 164 g/mol. The van der Waals surface area contributed by atoms with Gasteiger partial charge in [0.2, 0.25) is 0 Å². The summed E-state index contributed by atoms with van der Waals surface area (Å²) < 4.78 is 0. The fraction of sp³-hybridized carbons (Fsp3) is 0.900. The minimum Gasteiger partial charge on any atom is -0.320 e. The Labute approximate surface area is 81.3 Å². The van der Waals surface area contributed by atoms with Crippen molar-refractivity contribution in [1.29, 1.82) is 0 Å². The van der Waals surface area contributed by atoms with Gasteiger partial charge in [-0.15, -0.1) is 0 Å². The molecule has 0 aromatic carbocycles. The van der Waals surface area contributed by atoms with Gasteiger partial charge in [0.25, 0.3) is 0 Å². The van der Waals surface area contributed by atoms with Crippen LogP contribution in [0.4, 0.5) is 0 Å². The van der Waals surface area contributed by atoms with Crippen LogP contribution in [0.2, 0.25) is 0 Å². The van der Waals surface area contributed by atoms with Gasteiger partial charge in [-0.3, -0.25) is 4.79 Å². The Morgan fingerprint density at radius 3 is 2.38 bits per heavy atom. The Kier molecular flexibility index (Phi) is 6.82. The second-order valence-corrected chi connectivity index (χ2v) is 3.69. The Bertz CT molecular complexity index is 148. The van der Waals surface area contributed by atoms with Crippen LogP contribution in [-0.2, 0) is 4.79 Å². The molecule has 0 aromatic rings. The van der Waals surface area contributed by atoms with E-state index in [9.17, 15) is 4.79 Å². The van der Waals surface area contributed by atoms with E-state index < -0.39 is 0 Å². The SMILES string of the molecule is CNCCC(C)C[C@H](NC)C(C)=O. The van der Waals surface area contributed by atoms with E-state index in [1.54, 1.807) is 6.92 Å². The number of likely N-dealkylation sites (N-methyl/N-ethyl adjacent to an activating group) is 1. The molecule has 0 saturated heterocycles. The molecule has 78 valence electrons. The molecule has 0 aliphatic carbocycles. The zero-order valence-corrected chi connectivity index (χ0v) is 9.18. The number of rotatable bonds is 7. The number of hydrogen-bond acceptors (Lipinski definition) is 3. The van der Waals surface area contributed by atoms with E-state index in [4.69, 9.17) is 0 Å². The minimum absolute atomic E-state index is 0.0341. The maximum atomic E-state index is 11.1. The Balaban J connectivity index is 3.73. The summed E-state index contributed by atoms with van der Waals surface area (Å²) >= 11 is 0. The molecule has 2 atom stereocenters. The first-order chi connectivity index (χ1) is 6.11. The predicted octanol–water partition coefficient (Wildman–Crippen LogP) is 0.799. The summed E-state index contributed by atoms with van der Waals surface area (Å²) in [5.74, 6) is 0.826. The van der Waals surface area contributed by atoms with Crippen LogP contribution in [0.5, 0.6) is 0 Å². The normalized spacial score (nSPS) is 15.4. The number of nitrogens with one attached hydrogen (secondary N) is 2. The molecule has 0 fully saturated rings. The number of carbonyl (C=O) groups excluding carboxylic acids is 1. The van der Waals surface area contributed by atoms with Gasteiger partial charge >= 0.3 is 0 Å². The number of hydrogen-bond donors (Lipinski definition) is 2. The topological polar surface area (TPSA) is 41.1 Å². The molecular formula is C10H22N2O. The highest BCUT2D eigenvalue weighted by atomic mass is 16.1. The molecule has 0 radical (unpaired) electrons. The molecule has 0 aromatic heterocycles. The Morgan fingerprint density at radius 2 is 2.00 bits per heavy atom. The Hall–Kier alpha value is -0.410. The minimum atomic E-state index is 0.0341. The second kappa shape index (κ2) is 7.04. The third kappa shape index (κ3) is 5.77. The lowest BCUT2D eigenvalue weighted by molar-refractivity contribution is -0.119. The van der Waals surface area contributed by atoms with Gasteiger partial charge in [-0.25, -0.2) is 0 Å². The van der Waals surface area contributed by atoms with Crippen LogP contribution in [0.1, 0.15) is 26.7 Å². The van der Waals surface area contributed by atoms with Gasteiger partial charge in [-0.1, -0.05) is 6.92 Å². The summed E-state index contributed by atoms with van der Waals surface area (Å²) in [5, 5.41) is 6.15. The van der Waals surface area contributed by atoms with Crippen molar-refractivity contribution >= 4 is 5.78 Å². The number of ketones is 1. The monoisotopic (exact) mass is 186 g/mol. The van der Waals surface area contributed by atoms with Gasteiger partial charge in [-0.2, -0.15) is 0 Å². The highest BCUT2D eigenvalue weighted by Crippen LogP contribution is 2.10. The third-order valence-electron chi connectivity index (χ3n) is 2.36. The fourth-order valence-electron chi connectivity index (χ4n) is 1.40. The first-order valence-electron chi connectivity index (χ1n) is 4.94. The Morgan fingerprint density at radius 1 is 1.38 bits per heavy atom. The zero-order valence-electron chi connectivity index (χ0n) is 9.18. The van der Waals surface area contributed by atoms with Crippen molar-refractivity contribution in [1.82, 2.24) is 10.6 Å². The van der Waals surface area contributed by atoms with Crippen LogP contribution in [0.3, 0.4) is 0 Å². The van der Waals surface area contributed by atoms with Gasteiger partial charge in [0.15, 0.2) is 0 Å². The van der Waals surface area contributed by atoms with E-state index in [1.165, 1.54) is 0 Å². The summed E-state index contributed by atoms with van der Waals surface area (Å²) in [4.78, 5) is 11.1. The maximum absolute atomic E-state index is 11.1. The van der Waals surface area contributed by atoms with E-state index in [0.29, 0.717) is 5.92 Å². The van der Waals surface area contributed by atoms with Gasteiger partial charge in [0, 0.05) is 0 Å². The van der Waals surface area contributed by atoms with Crippen LogP contribution in [0, 0.1) is 5.92 Å². The molecule has 3 nitrogen and oxygen atoms in total. The van der Waals surface area contributed by atoms with Crippen molar-refractivity contribution in [3.63, 3.8) is 0 Å². The quantitative estimate of drug-likeness (QED) is 0.618. The van der Waals surface area contributed by atoms with Crippen LogP contribution in [-0.4, -0.2) is 32.5 Å². The molecule has 0 spiro atoms. The first-order valence-corrected chi connectivity index (χ1v) is 4.94. The molecule has 13 heavy (non-hydrogen) atoms. The molecule has 0 aliphatic rings. The lowest BCUT2D eigenvalue weighted by Crippen LogP contribution is -2.34. The van der Waals surface area contributed by atoms with Crippen molar-refractivity contribution in [3.8, 4) is 0 Å². The van der Waals surface area contributed by atoms with E-state index in [2.05, 4.69) is 17.6 Å². The van der Waals surface area contributed by atoms with E-state index >= 15 is 0 Å². The largest absolute Gasteiger partial charge is 0.320 e. The predicted molar refractivity (Wildman–Crippen MR) is 55.9 cm³/mol. The average molecular weight is 186 g/mol. The van der Waals surface area contributed by atoms with Crippen LogP contribution >= 0.6 is 0 Å². The highest BCUT2D eigenvalue weighted by Gasteiger charge is 2.14. The molecule has 0 aliphatic heterocycles. The molecule has 0 heterocycles. The summed E-state index contributed by atoms with van der Waals surface area (Å²) in [5.41, 5.74) is 0. The van der Waals surface area contributed by atoms with Gasteiger partial charge in [0.05, 0.1) is 6.04 Å². The standard InChI is InChI=1S/C10H22N2O/c1-8(5-6-11-3)7-10(12-4)9(2)13/h8,10-12H,5-7H2,1-4H3/t8?,10-/m0/s1. The molecule has 0 bridgehead atoms. The first kappa shape index (κ1) is 12.6. The molecule has 1 unspecified atom stereocenters. The number of Topliss-reactive ketones (excluding diaryl/α,β-unsaturated/α-hetero) is 1. The zero-order chi connectivity index (χ0) is 10.3. The van der Waals surface area contributed by atoms with Crippen molar-refractivity contribution in [2.24, 2.45) is 5.92 Å². The summed E-state index contributed by atoms with van der Waals surface area (Å²) in [7, 11) is 3.80. The second-order valence-electron chi connectivity index (χ2n) is 3.69. The highest BCUT2D eigenvalue weighted by molar-refractivity contribution is 5.81. The van der Waals surface area contributed by atoms with Crippen LogP contribution in [0.25, 0.3) is 0 Å². The van der Waals surface area contributed by atoms with Crippen molar-refractivity contribution < 1.29 is 4.79 Å². The number of carbonyl (C=O) groups is 1. The third-order valence-corrected chi connectivity index (χ3v) is 2.36. The summed E-state index contributed by atoms with van der Waals surface area (Å²) in [6.07, 6.45) is 2.06. The van der Waals surface area contributed by atoms with Gasteiger partial charge in [-0.05, 0) is 46.3 Å². The lowest BCUT2D eigenvalue weighted by atomic mass is 9.96. The van der Waals surface area contributed by atoms with Gasteiger partial charge < -0.3 is 10.6 Å². The van der Waals surface area contributed by atoms with Crippen molar-refractivity contribution in [3.05, 3.63) is 0 Å². The van der Waals surface area contributed by atoms with Gasteiger partial charge in [0.1, 0.15) is 5.78 Å². The van der Waals surface area contributed by atoms with Crippen LogP contribution in [0.15, 0.2) is 0 Å². The average Bonchev–Trinajstić information content (AvgIpc) is 2.10. The fourth-order valence-corrected chi connectivity index (χ4v) is 1.40.